The number of thioether (sulfide) groups is 1. The Hall–Kier alpha value is -2.38. The molecule has 0 bridgehead atoms. The minimum atomic E-state index is -0.0395. The second kappa shape index (κ2) is 8.78. The van der Waals surface area contributed by atoms with Crippen LogP contribution in [0.3, 0.4) is 0 Å². The zero-order valence-corrected chi connectivity index (χ0v) is 18.9. The van der Waals surface area contributed by atoms with Crippen LogP contribution < -0.4 is 5.32 Å². The van der Waals surface area contributed by atoms with Crippen LogP contribution in [0.4, 0.5) is 0 Å². The van der Waals surface area contributed by atoms with Crippen molar-refractivity contribution >= 4 is 28.7 Å². The molecular formula is C23H29N5OS. The number of benzene rings is 1. The summed E-state index contributed by atoms with van der Waals surface area (Å²) in [5.74, 6) is -0.0395. The summed E-state index contributed by atoms with van der Waals surface area (Å²) in [6, 6.07) is 10.6. The van der Waals surface area contributed by atoms with Gasteiger partial charge in [0, 0.05) is 49.1 Å². The van der Waals surface area contributed by atoms with Gasteiger partial charge in [-0.15, -0.1) is 11.8 Å². The highest BCUT2D eigenvalue weighted by Gasteiger charge is 2.27. The van der Waals surface area contributed by atoms with Gasteiger partial charge in [-0.25, -0.2) is 4.98 Å². The zero-order valence-electron chi connectivity index (χ0n) is 18.1. The molecule has 2 aromatic heterocycles. The summed E-state index contributed by atoms with van der Waals surface area (Å²) in [5.41, 5.74) is 3.69. The van der Waals surface area contributed by atoms with Crippen molar-refractivity contribution < 1.29 is 4.79 Å². The number of aryl methyl sites for hydroxylation is 2. The van der Waals surface area contributed by atoms with Crippen molar-refractivity contribution in [2.45, 2.75) is 49.9 Å². The normalized spacial score (nSPS) is 17.2. The fourth-order valence-corrected chi connectivity index (χ4v) is 5.20. The fraction of sp³-hybridized carbons (Fsp3) is 0.435. The Bertz CT molecular complexity index is 1050. The van der Waals surface area contributed by atoms with Crippen LogP contribution >= 0.6 is 11.8 Å². The van der Waals surface area contributed by atoms with Gasteiger partial charge in [0.15, 0.2) is 5.65 Å². The van der Waals surface area contributed by atoms with E-state index in [4.69, 9.17) is 0 Å². The van der Waals surface area contributed by atoms with Crippen molar-refractivity contribution in [1.82, 2.24) is 25.0 Å². The number of aromatic nitrogens is 3. The molecule has 4 rings (SSSR count). The molecular weight excluding hydrogens is 394 g/mol. The molecule has 0 aliphatic carbocycles. The molecule has 1 amide bonds. The molecule has 0 radical (unpaired) electrons. The van der Waals surface area contributed by atoms with Crippen molar-refractivity contribution in [3.63, 3.8) is 0 Å². The maximum atomic E-state index is 13.2. The zero-order chi connectivity index (χ0) is 21.3. The Morgan fingerprint density at radius 1 is 1.30 bits per heavy atom. The fourth-order valence-electron chi connectivity index (χ4n) is 4.10. The van der Waals surface area contributed by atoms with Crippen molar-refractivity contribution in [2.75, 3.05) is 13.1 Å². The Kier molecular flexibility index (Phi) is 6.11. The van der Waals surface area contributed by atoms with E-state index in [0.29, 0.717) is 10.8 Å². The van der Waals surface area contributed by atoms with Gasteiger partial charge >= 0.3 is 0 Å². The molecule has 7 heteroatoms. The summed E-state index contributed by atoms with van der Waals surface area (Å²) in [4.78, 5) is 21.2. The summed E-state index contributed by atoms with van der Waals surface area (Å²) < 4.78 is 1.79. The second-order valence-electron chi connectivity index (χ2n) is 8.26. The molecule has 0 spiro atoms. The Morgan fingerprint density at radius 2 is 2.07 bits per heavy atom. The maximum absolute atomic E-state index is 13.2. The van der Waals surface area contributed by atoms with E-state index in [1.54, 1.807) is 22.6 Å². The predicted octanol–water partition coefficient (Wildman–Crippen LogP) is 3.78. The molecule has 1 aliphatic heterocycles. The second-order valence-corrected chi connectivity index (χ2v) is 9.84. The third-order valence-electron chi connectivity index (χ3n) is 5.43. The molecule has 1 fully saturated rings. The van der Waals surface area contributed by atoms with Crippen molar-refractivity contribution in [3.8, 4) is 0 Å². The molecule has 6 nitrogen and oxygen atoms in total. The van der Waals surface area contributed by atoms with Gasteiger partial charge in [-0.3, -0.25) is 14.4 Å². The number of hydrogen-bond acceptors (Lipinski definition) is 5. The van der Waals surface area contributed by atoms with Gasteiger partial charge in [-0.05, 0) is 18.9 Å². The van der Waals surface area contributed by atoms with Gasteiger partial charge in [-0.2, -0.15) is 5.10 Å². The minimum absolute atomic E-state index is 0.0395. The lowest BCUT2D eigenvalue weighted by atomic mass is 10.1. The monoisotopic (exact) mass is 423 g/mol. The highest BCUT2D eigenvalue weighted by atomic mass is 32.2. The van der Waals surface area contributed by atoms with Crippen LogP contribution in [0.15, 0.2) is 41.4 Å². The van der Waals surface area contributed by atoms with Gasteiger partial charge in [0.05, 0.1) is 16.6 Å². The molecule has 1 N–H and O–H groups in total. The number of likely N-dealkylation sites (tertiary alicyclic amines) is 1. The van der Waals surface area contributed by atoms with Crippen LogP contribution in [0.1, 0.15) is 41.9 Å². The van der Waals surface area contributed by atoms with Crippen LogP contribution in [0.25, 0.3) is 11.0 Å². The number of hydrogen-bond donors (Lipinski definition) is 1. The number of nitrogens with one attached hydrogen (secondary N) is 1. The quantitative estimate of drug-likeness (QED) is 0.612. The summed E-state index contributed by atoms with van der Waals surface area (Å²) in [7, 11) is 1.89. The molecule has 3 aromatic rings. The van der Waals surface area contributed by atoms with E-state index >= 15 is 0 Å². The van der Waals surface area contributed by atoms with E-state index in [0.717, 1.165) is 47.7 Å². The lowest BCUT2D eigenvalue weighted by Crippen LogP contribution is -2.37. The summed E-state index contributed by atoms with van der Waals surface area (Å²) in [5, 5.41) is 9.11. The number of rotatable bonds is 6. The van der Waals surface area contributed by atoms with Gasteiger partial charge in [0.25, 0.3) is 5.91 Å². The third kappa shape index (κ3) is 4.37. The first-order valence-corrected chi connectivity index (χ1v) is 11.4. The van der Waals surface area contributed by atoms with E-state index in [-0.39, 0.29) is 11.9 Å². The topological polar surface area (TPSA) is 63.1 Å². The minimum Gasteiger partial charge on any atom is -0.348 e. The first kappa shape index (κ1) is 20.9. The lowest BCUT2D eigenvalue weighted by Gasteiger charge is -2.18. The smallest absolute Gasteiger partial charge is 0.254 e. The molecule has 30 heavy (non-hydrogen) atoms. The van der Waals surface area contributed by atoms with Crippen LogP contribution in [-0.4, -0.2) is 50.0 Å². The van der Waals surface area contributed by atoms with Crippen LogP contribution in [0, 0.1) is 6.92 Å². The highest BCUT2D eigenvalue weighted by molar-refractivity contribution is 8.00. The van der Waals surface area contributed by atoms with Gasteiger partial charge in [0.2, 0.25) is 0 Å². The van der Waals surface area contributed by atoms with Crippen LogP contribution in [0.2, 0.25) is 0 Å². The number of amides is 1. The molecule has 1 atom stereocenters. The standard InChI is InChI=1S/C23H29N5OS/c1-15(2)30-21-19(12-24-22-20(21)16(3)26-27(22)4)23(29)25-18-10-11-28(14-18)13-17-8-6-5-7-9-17/h5-9,12,15,18H,10-11,13-14H2,1-4H3,(H,25,29). The summed E-state index contributed by atoms with van der Waals surface area (Å²) in [6.45, 7) is 9.05. The Morgan fingerprint density at radius 3 is 2.80 bits per heavy atom. The van der Waals surface area contributed by atoms with Crippen molar-refractivity contribution in [3.05, 3.63) is 53.3 Å². The first-order chi connectivity index (χ1) is 14.4. The summed E-state index contributed by atoms with van der Waals surface area (Å²) >= 11 is 1.71. The predicted molar refractivity (Wildman–Crippen MR) is 122 cm³/mol. The van der Waals surface area contributed by atoms with E-state index in [2.05, 4.69) is 58.4 Å². The average Bonchev–Trinajstić information content (AvgIpc) is 3.26. The molecule has 1 saturated heterocycles. The summed E-state index contributed by atoms with van der Waals surface area (Å²) in [6.07, 6.45) is 2.67. The number of fused-ring (bicyclic) bond motifs is 1. The largest absolute Gasteiger partial charge is 0.348 e. The molecule has 1 aromatic carbocycles. The van der Waals surface area contributed by atoms with E-state index in [1.165, 1.54) is 5.56 Å². The molecule has 3 heterocycles. The number of nitrogens with zero attached hydrogens (tertiary/aromatic N) is 4. The maximum Gasteiger partial charge on any atom is 0.254 e. The lowest BCUT2D eigenvalue weighted by molar-refractivity contribution is 0.0934. The van der Waals surface area contributed by atoms with Gasteiger partial charge in [0.1, 0.15) is 0 Å². The molecule has 158 valence electrons. The van der Waals surface area contributed by atoms with E-state index in [9.17, 15) is 4.79 Å². The Labute approximate surface area is 182 Å². The van der Waals surface area contributed by atoms with Crippen molar-refractivity contribution in [2.24, 2.45) is 7.05 Å². The van der Waals surface area contributed by atoms with Gasteiger partial charge in [-0.1, -0.05) is 44.2 Å². The SMILES string of the molecule is Cc1nn(C)c2ncc(C(=O)NC3CCN(Cc4ccccc4)C3)c(SC(C)C)c12. The van der Waals surface area contributed by atoms with Crippen molar-refractivity contribution in [1.29, 1.82) is 0 Å². The first-order valence-electron chi connectivity index (χ1n) is 10.5. The molecule has 1 unspecified atom stereocenters. The number of pyridine rings is 1. The van der Waals surface area contributed by atoms with E-state index in [1.807, 2.05) is 20.0 Å². The molecule has 1 aliphatic rings. The average molecular weight is 424 g/mol. The number of carbonyl (C=O) groups excluding carboxylic acids is 1. The van der Waals surface area contributed by atoms with Gasteiger partial charge < -0.3 is 5.32 Å². The molecule has 0 saturated carbocycles. The number of carbonyl (C=O) groups is 1. The van der Waals surface area contributed by atoms with Crippen LogP contribution in [0.5, 0.6) is 0 Å². The highest BCUT2D eigenvalue weighted by Crippen LogP contribution is 2.34. The van der Waals surface area contributed by atoms with E-state index < -0.39 is 0 Å². The Balaban J connectivity index is 1.51. The third-order valence-corrected chi connectivity index (χ3v) is 6.57. The van der Waals surface area contributed by atoms with Crippen LogP contribution in [-0.2, 0) is 13.6 Å².